The second-order valence-electron chi connectivity index (χ2n) is 5.70. The van der Waals surface area contributed by atoms with E-state index in [1.165, 1.54) is 5.69 Å². The number of piperidine rings is 1. The van der Waals surface area contributed by atoms with Crippen LogP contribution in [0.3, 0.4) is 0 Å². The molecule has 0 radical (unpaired) electrons. The molecule has 6 nitrogen and oxygen atoms in total. The summed E-state index contributed by atoms with van der Waals surface area (Å²) < 4.78 is 0. The largest absolute Gasteiger partial charge is 0.371 e. The van der Waals surface area contributed by atoms with Gasteiger partial charge < -0.3 is 16.0 Å². The number of aliphatic imine (C=N–C) groups is 1. The number of hydrogen-bond acceptors (Lipinski definition) is 4. The molecular weight excluding hydrogens is 415 g/mol. The maximum absolute atomic E-state index is 5.92. The molecule has 0 bridgehead atoms. The van der Waals surface area contributed by atoms with Crippen molar-refractivity contribution in [2.75, 3.05) is 29.9 Å². The normalized spacial score (nSPS) is 15.7. The Morgan fingerprint density at radius 3 is 2.58 bits per heavy atom. The molecule has 0 aromatic carbocycles. The molecule has 3 heterocycles. The Bertz CT molecular complexity index is 626. The molecule has 0 spiro atoms. The summed E-state index contributed by atoms with van der Waals surface area (Å²) in [6.45, 7) is 2.87. The van der Waals surface area contributed by atoms with Crippen LogP contribution in [0.2, 0.25) is 0 Å². The Hall–Kier alpha value is -1.90. The first-order valence-electron chi connectivity index (χ1n) is 7.94. The minimum atomic E-state index is 0. The van der Waals surface area contributed by atoms with E-state index in [9.17, 15) is 0 Å². The van der Waals surface area contributed by atoms with Crippen LogP contribution in [0.1, 0.15) is 12.8 Å². The molecule has 128 valence electrons. The lowest BCUT2D eigenvalue weighted by Gasteiger charge is -2.32. The molecule has 3 rings (SSSR count). The number of nitrogens with zero attached hydrogens (tertiary/aromatic N) is 4. The van der Waals surface area contributed by atoms with E-state index in [2.05, 4.69) is 37.3 Å². The lowest BCUT2D eigenvalue weighted by Crippen LogP contribution is -2.35. The summed E-state index contributed by atoms with van der Waals surface area (Å²) >= 11 is 0. The van der Waals surface area contributed by atoms with Gasteiger partial charge in [0.2, 0.25) is 0 Å². The van der Waals surface area contributed by atoms with E-state index in [0.29, 0.717) is 11.9 Å². The quantitative estimate of drug-likeness (QED) is 0.436. The standard InChI is InChI=1S/C17H22N6.HI/c18-17(22-16-3-1-2-8-20-16)21-13-14-6-11-23(12-7-14)15-4-9-19-10-5-15;/h1-5,8-10,14H,6-7,11-13H2,(H3,18,20,21,22);1H. The summed E-state index contributed by atoms with van der Waals surface area (Å²) in [5, 5.41) is 3.02. The average molecular weight is 438 g/mol. The highest BCUT2D eigenvalue weighted by Gasteiger charge is 2.19. The SMILES string of the molecule is I.NC(=NCC1CCN(c2ccncc2)CC1)Nc1ccccn1. The molecule has 1 saturated heterocycles. The van der Waals surface area contributed by atoms with Crippen LogP contribution in [0.5, 0.6) is 0 Å². The zero-order chi connectivity index (χ0) is 15.9. The number of guanidine groups is 1. The zero-order valence-corrected chi connectivity index (χ0v) is 15.8. The molecule has 1 aliphatic heterocycles. The zero-order valence-electron chi connectivity index (χ0n) is 13.5. The molecule has 2 aromatic heterocycles. The lowest BCUT2D eigenvalue weighted by molar-refractivity contribution is 0.415. The van der Waals surface area contributed by atoms with Crippen molar-refractivity contribution in [3.8, 4) is 0 Å². The molecule has 0 aliphatic carbocycles. The second-order valence-corrected chi connectivity index (χ2v) is 5.70. The number of rotatable bonds is 4. The second kappa shape index (κ2) is 9.41. The molecule has 3 N–H and O–H groups in total. The number of anilines is 2. The van der Waals surface area contributed by atoms with Crippen molar-refractivity contribution >= 4 is 41.4 Å². The summed E-state index contributed by atoms with van der Waals surface area (Å²) in [5.41, 5.74) is 7.17. The highest BCUT2D eigenvalue weighted by molar-refractivity contribution is 14.0. The van der Waals surface area contributed by atoms with Crippen LogP contribution in [-0.4, -0.2) is 35.6 Å². The van der Waals surface area contributed by atoms with E-state index < -0.39 is 0 Å². The fourth-order valence-corrected chi connectivity index (χ4v) is 2.76. The van der Waals surface area contributed by atoms with Gasteiger partial charge in [0.05, 0.1) is 0 Å². The summed E-state index contributed by atoms with van der Waals surface area (Å²) in [4.78, 5) is 15.1. The van der Waals surface area contributed by atoms with E-state index >= 15 is 0 Å². The van der Waals surface area contributed by atoms with E-state index in [0.717, 1.165) is 38.3 Å². The first-order valence-corrected chi connectivity index (χ1v) is 7.94. The minimum absolute atomic E-state index is 0. The summed E-state index contributed by atoms with van der Waals surface area (Å²) in [7, 11) is 0. The van der Waals surface area contributed by atoms with Crippen LogP contribution in [-0.2, 0) is 0 Å². The summed E-state index contributed by atoms with van der Waals surface area (Å²) in [6, 6.07) is 9.78. The topological polar surface area (TPSA) is 79.4 Å². The average Bonchev–Trinajstić information content (AvgIpc) is 2.62. The monoisotopic (exact) mass is 438 g/mol. The Balaban J connectivity index is 0.00000208. The Labute approximate surface area is 159 Å². The van der Waals surface area contributed by atoms with Gasteiger partial charge in [-0.05, 0) is 43.0 Å². The van der Waals surface area contributed by atoms with Gasteiger partial charge in [0.25, 0.3) is 0 Å². The number of nitrogens with one attached hydrogen (secondary N) is 1. The van der Waals surface area contributed by atoms with Crippen LogP contribution in [0.15, 0.2) is 53.9 Å². The molecule has 0 amide bonds. The number of pyridine rings is 2. The summed E-state index contributed by atoms with van der Waals surface area (Å²) in [6.07, 6.45) is 7.67. The van der Waals surface area contributed by atoms with Crippen LogP contribution in [0, 0.1) is 5.92 Å². The molecule has 7 heteroatoms. The fourth-order valence-electron chi connectivity index (χ4n) is 2.76. The highest BCUT2D eigenvalue weighted by Crippen LogP contribution is 2.22. The maximum atomic E-state index is 5.92. The predicted molar refractivity (Wildman–Crippen MR) is 109 cm³/mol. The van der Waals surface area contributed by atoms with Crippen molar-refractivity contribution in [1.82, 2.24) is 9.97 Å². The smallest absolute Gasteiger partial charge is 0.194 e. The van der Waals surface area contributed by atoms with Crippen molar-refractivity contribution in [1.29, 1.82) is 0 Å². The van der Waals surface area contributed by atoms with Gasteiger partial charge >= 0.3 is 0 Å². The molecule has 0 atom stereocenters. The molecule has 0 unspecified atom stereocenters. The van der Waals surface area contributed by atoms with Gasteiger partial charge in [-0.1, -0.05) is 6.07 Å². The van der Waals surface area contributed by atoms with Crippen molar-refractivity contribution in [2.45, 2.75) is 12.8 Å². The van der Waals surface area contributed by atoms with Crippen LogP contribution in [0.4, 0.5) is 11.5 Å². The van der Waals surface area contributed by atoms with Gasteiger partial charge in [0.1, 0.15) is 5.82 Å². The van der Waals surface area contributed by atoms with E-state index in [4.69, 9.17) is 5.73 Å². The maximum Gasteiger partial charge on any atom is 0.194 e. The number of nitrogens with two attached hydrogens (primary N) is 1. The third-order valence-corrected chi connectivity index (χ3v) is 4.08. The third kappa shape index (κ3) is 5.33. The van der Waals surface area contributed by atoms with Crippen LogP contribution >= 0.6 is 24.0 Å². The molecule has 24 heavy (non-hydrogen) atoms. The van der Waals surface area contributed by atoms with Gasteiger partial charge in [-0.2, -0.15) is 0 Å². The van der Waals surface area contributed by atoms with Crippen molar-refractivity contribution in [3.05, 3.63) is 48.9 Å². The lowest BCUT2D eigenvalue weighted by atomic mass is 9.97. The van der Waals surface area contributed by atoms with E-state index in [1.54, 1.807) is 6.20 Å². The van der Waals surface area contributed by atoms with Crippen molar-refractivity contribution in [3.63, 3.8) is 0 Å². The number of halogens is 1. The predicted octanol–water partition coefficient (Wildman–Crippen LogP) is 2.74. The summed E-state index contributed by atoms with van der Waals surface area (Å²) in [5.74, 6) is 1.73. The molecular formula is C17H23IN6. The first kappa shape index (κ1) is 18.4. The minimum Gasteiger partial charge on any atom is -0.371 e. The molecule has 1 fully saturated rings. The van der Waals surface area contributed by atoms with Crippen LogP contribution < -0.4 is 16.0 Å². The molecule has 2 aromatic rings. The van der Waals surface area contributed by atoms with Crippen molar-refractivity contribution < 1.29 is 0 Å². The van der Waals surface area contributed by atoms with Crippen molar-refractivity contribution in [2.24, 2.45) is 16.6 Å². The van der Waals surface area contributed by atoms with Gasteiger partial charge in [-0.3, -0.25) is 9.98 Å². The van der Waals surface area contributed by atoms with Gasteiger partial charge in [-0.15, -0.1) is 24.0 Å². The Morgan fingerprint density at radius 1 is 1.17 bits per heavy atom. The van der Waals surface area contributed by atoms with E-state index in [-0.39, 0.29) is 24.0 Å². The molecule has 1 aliphatic rings. The number of aromatic nitrogens is 2. The molecule has 0 saturated carbocycles. The first-order chi connectivity index (χ1) is 11.3. The Morgan fingerprint density at radius 2 is 1.92 bits per heavy atom. The fraction of sp³-hybridized carbons (Fsp3) is 0.353. The third-order valence-electron chi connectivity index (χ3n) is 4.08. The van der Waals surface area contributed by atoms with Gasteiger partial charge in [0.15, 0.2) is 5.96 Å². The van der Waals surface area contributed by atoms with Crippen LogP contribution in [0.25, 0.3) is 0 Å². The van der Waals surface area contributed by atoms with Gasteiger partial charge in [-0.25, -0.2) is 4.98 Å². The number of hydrogen-bond donors (Lipinski definition) is 2. The van der Waals surface area contributed by atoms with E-state index in [1.807, 2.05) is 30.6 Å². The van der Waals surface area contributed by atoms with Gasteiger partial charge in [0, 0.05) is 43.9 Å². The highest BCUT2D eigenvalue weighted by atomic mass is 127. The Kier molecular flexibility index (Phi) is 7.23.